The molecule has 0 fully saturated rings. The van der Waals surface area contributed by atoms with E-state index in [-0.39, 0.29) is 11.3 Å². The van der Waals surface area contributed by atoms with Gasteiger partial charge >= 0.3 is 0 Å². The molecule has 3 heterocycles. The zero-order valence-corrected chi connectivity index (χ0v) is 21.1. The van der Waals surface area contributed by atoms with Gasteiger partial charge in [0.1, 0.15) is 16.6 Å². The van der Waals surface area contributed by atoms with E-state index < -0.39 is 22.6 Å². The van der Waals surface area contributed by atoms with Gasteiger partial charge in [-0.3, -0.25) is 3.97 Å². The fourth-order valence-corrected chi connectivity index (χ4v) is 6.47. The van der Waals surface area contributed by atoms with Crippen molar-refractivity contribution in [2.75, 3.05) is 0 Å². The number of hydrogen-bond acceptors (Lipinski definition) is 5. The standard InChI is InChI=1S/C28H18F2N4OS2/c1-17-27(33-28(36-17)19-12-13-31-32-16-19)18-10-11-24-20(14-18)15-25(26-22(29)8-5-9-23(26)30)34(24)37(35)21-6-3-2-4-7-21/h2-16H,1H3. The molecule has 6 aromatic rings. The third kappa shape index (κ3) is 4.16. The van der Waals surface area contributed by atoms with E-state index in [0.29, 0.717) is 15.8 Å². The van der Waals surface area contributed by atoms with Crippen molar-refractivity contribution in [2.24, 2.45) is 0 Å². The molecular formula is C28H18F2N4OS2. The first-order valence-electron chi connectivity index (χ1n) is 11.3. The smallest absolute Gasteiger partial charge is 0.157 e. The molecule has 0 saturated heterocycles. The van der Waals surface area contributed by atoms with Crippen LogP contribution in [0.2, 0.25) is 0 Å². The average Bonchev–Trinajstić information content (AvgIpc) is 3.49. The first kappa shape index (κ1) is 23.3. The van der Waals surface area contributed by atoms with Crippen LogP contribution in [0.3, 0.4) is 0 Å². The summed E-state index contributed by atoms with van der Waals surface area (Å²) in [7, 11) is -1.74. The zero-order valence-electron chi connectivity index (χ0n) is 19.4. The van der Waals surface area contributed by atoms with E-state index >= 15 is 0 Å². The van der Waals surface area contributed by atoms with Crippen LogP contribution >= 0.6 is 11.3 Å². The van der Waals surface area contributed by atoms with Crippen LogP contribution in [0.25, 0.3) is 44.0 Å². The van der Waals surface area contributed by atoms with Gasteiger partial charge in [0, 0.05) is 21.4 Å². The fraction of sp³-hybridized carbons (Fsp3) is 0.0357. The second kappa shape index (κ2) is 9.42. The van der Waals surface area contributed by atoms with Crippen molar-refractivity contribution >= 4 is 33.2 Å². The summed E-state index contributed by atoms with van der Waals surface area (Å²) in [5.74, 6) is -1.44. The topological polar surface area (TPSA) is 60.7 Å². The molecule has 0 aliphatic carbocycles. The van der Waals surface area contributed by atoms with Crippen LogP contribution in [0.15, 0.2) is 96.2 Å². The van der Waals surface area contributed by atoms with Gasteiger partial charge in [0.2, 0.25) is 0 Å². The van der Waals surface area contributed by atoms with E-state index in [0.717, 1.165) is 26.7 Å². The molecule has 1 atom stereocenters. The molecule has 9 heteroatoms. The Morgan fingerprint density at radius 1 is 0.865 bits per heavy atom. The van der Waals surface area contributed by atoms with E-state index in [1.807, 2.05) is 37.3 Å². The van der Waals surface area contributed by atoms with Crippen LogP contribution in [0, 0.1) is 18.6 Å². The highest BCUT2D eigenvalue weighted by molar-refractivity contribution is 7.83. The van der Waals surface area contributed by atoms with E-state index in [1.54, 1.807) is 54.1 Å². The second-order valence-electron chi connectivity index (χ2n) is 8.31. The average molecular weight is 529 g/mol. The minimum absolute atomic E-state index is 0.198. The molecular weight excluding hydrogens is 510 g/mol. The lowest BCUT2D eigenvalue weighted by molar-refractivity contribution is 0.588. The number of benzene rings is 3. The van der Waals surface area contributed by atoms with Crippen molar-refractivity contribution in [3.8, 4) is 33.1 Å². The monoisotopic (exact) mass is 528 g/mol. The number of halogens is 2. The van der Waals surface area contributed by atoms with E-state index in [2.05, 4.69) is 10.2 Å². The lowest BCUT2D eigenvalue weighted by Crippen LogP contribution is -2.08. The number of aryl methyl sites for hydroxylation is 1. The maximum absolute atomic E-state index is 14.9. The number of hydrogen-bond donors (Lipinski definition) is 0. The molecule has 182 valence electrons. The number of aromatic nitrogens is 4. The number of thiazole rings is 1. The molecule has 0 saturated carbocycles. The summed E-state index contributed by atoms with van der Waals surface area (Å²) >= 11 is 1.55. The summed E-state index contributed by atoms with van der Waals surface area (Å²) in [6.07, 6.45) is 3.29. The molecule has 5 nitrogen and oxygen atoms in total. The molecule has 0 bridgehead atoms. The van der Waals surface area contributed by atoms with E-state index in [9.17, 15) is 13.0 Å². The summed E-state index contributed by atoms with van der Waals surface area (Å²) in [6.45, 7) is 1.99. The quantitative estimate of drug-likeness (QED) is 0.241. The zero-order chi connectivity index (χ0) is 25.5. The van der Waals surface area contributed by atoms with Gasteiger partial charge in [-0.2, -0.15) is 10.2 Å². The second-order valence-corrected chi connectivity index (χ2v) is 10.8. The van der Waals surface area contributed by atoms with Crippen molar-refractivity contribution in [3.63, 3.8) is 0 Å². The van der Waals surface area contributed by atoms with Gasteiger partial charge in [-0.1, -0.05) is 30.3 Å². The largest absolute Gasteiger partial charge is 0.255 e. The van der Waals surface area contributed by atoms with Crippen LogP contribution in [0.5, 0.6) is 0 Å². The molecule has 1 unspecified atom stereocenters. The van der Waals surface area contributed by atoms with Gasteiger partial charge in [-0.25, -0.2) is 18.0 Å². The van der Waals surface area contributed by atoms with Crippen LogP contribution in [0.1, 0.15) is 4.88 Å². The highest BCUT2D eigenvalue weighted by atomic mass is 32.2. The third-order valence-corrected chi connectivity index (χ3v) is 8.41. The lowest BCUT2D eigenvalue weighted by Gasteiger charge is -2.12. The van der Waals surface area contributed by atoms with Crippen molar-refractivity contribution in [1.29, 1.82) is 0 Å². The Hall–Kier alpha value is -4.08. The van der Waals surface area contributed by atoms with Crippen LogP contribution in [-0.2, 0) is 11.0 Å². The molecule has 0 aliphatic rings. The van der Waals surface area contributed by atoms with Gasteiger partial charge in [0.15, 0.2) is 11.0 Å². The molecule has 0 aliphatic heterocycles. The first-order valence-corrected chi connectivity index (χ1v) is 13.3. The fourth-order valence-electron chi connectivity index (χ4n) is 4.28. The van der Waals surface area contributed by atoms with Gasteiger partial charge < -0.3 is 0 Å². The molecule has 3 aromatic heterocycles. The highest BCUT2D eigenvalue weighted by Gasteiger charge is 2.23. The Bertz CT molecular complexity index is 1760. The third-order valence-electron chi connectivity index (χ3n) is 5.99. The summed E-state index contributed by atoms with van der Waals surface area (Å²) < 4.78 is 45.0. The number of nitrogens with zero attached hydrogens (tertiary/aromatic N) is 4. The molecule has 37 heavy (non-hydrogen) atoms. The number of rotatable bonds is 5. The van der Waals surface area contributed by atoms with Crippen molar-refractivity contribution < 1.29 is 13.0 Å². The molecule has 0 spiro atoms. The first-order chi connectivity index (χ1) is 18.0. The summed E-state index contributed by atoms with van der Waals surface area (Å²) in [6, 6.07) is 21.7. The minimum Gasteiger partial charge on any atom is -0.255 e. The van der Waals surface area contributed by atoms with E-state index in [4.69, 9.17) is 4.98 Å². The van der Waals surface area contributed by atoms with Crippen LogP contribution in [0.4, 0.5) is 8.78 Å². The lowest BCUT2D eigenvalue weighted by atomic mass is 10.1. The molecule has 0 N–H and O–H groups in total. The summed E-state index contributed by atoms with van der Waals surface area (Å²) in [5, 5.41) is 9.27. The summed E-state index contributed by atoms with van der Waals surface area (Å²) in [5.41, 5.74) is 3.09. The maximum Gasteiger partial charge on any atom is 0.157 e. The van der Waals surface area contributed by atoms with Crippen LogP contribution < -0.4 is 0 Å². The van der Waals surface area contributed by atoms with E-state index in [1.165, 1.54) is 22.2 Å². The Kier molecular flexibility index (Phi) is 5.94. The SMILES string of the molecule is Cc1sc(-c2ccnnc2)nc1-c1ccc2c(c1)cc(-c1c(F)cccc1F)n2S(=O)c1ccccc1. The van der Waals surface area contributed by atoms with Gasteiger partial charge in [-0.05, 0) is 55.5 Å². The minimum atomic E-state index is -1.74. The predicted octanol–water partition coefficient (Wildman–Crippen LogP) is 7.05. The predicted molar refractivity (Wildman–Crippen MR) is 142 cm³/mol. The normalized spacial score (nSPS) is 12.2. The molecule has 0 amide bonds. The Morgan fingerprint density at radius 3 is 2.38 bits per heavy atom. The van der Waals surface area contributed by atoms with Crippen molar-refractivity contribution in [1.82, 2.24) is 19.2 Å². The van der Waals surface area contributed by atoms with Crippen molar-refractivity contribution in [2.45, 2.75) is 11.8 Å². The Labute approximate surface area is 217 Å². The Balaban J connectivity index is 1.55. The van der Waals surface area contributed by atoms with Gasteiger partial charge in [-0.15, -0.1) is 11.3 Å². The number of fused-ring (bicyclic) bond motifs is 1. The van der Waals surface area contributed by atoms with Crippen LogP contribution in [-0.4, -0.2) is 23.4 Å². The van der Waals surface area contributed by atoms with Gasteiger partial charge in [0.25, 0.3) is 0 Å². The molecule has 6 rings (SSSR count). The highest BCUT2D eigenvalue weighted by Crippen LogP contribution is 2.38. The molecule has 0 radical (unpaired) electrons. The van der Waals surface area contributed by atoms with Gasteiger partial charge in [0.05, 0.1) is 39.8 Å². The Morgan fingerprint density at radius 2 is 1.65 bits per heavy atom. The van der Waals surface area contributed by atoms with Crippen molar-refractivity contribution in [3.05, 3.63) is 108 Å². The summed E-state index contributed by atoms with van der Waals surface area (Å²) in [4.78, 5) is 6.35. The maximum atomic E-state index is 14.9. The molecule has 3 aromatic carbocycles.